The number of benzene rings is 2. The number of thiocarbonyl (C=S) groups is 1. The van der Waals surface area contributed by atoms with E-state index in [1.165, 1.54) is 18.2 Å². The zero-order valence-corrected chi connectivity index (χ0v) is 11.7. The van der Waals surface area contributed by atoms with Crippen molar-refractivity contribution in [2.24, 2.45) is 5.73 Å². The number of nitrogens with two attached hydrogens (primary N) is 1. The molecule has 0 aromatic heterocycles. The Morgan fingerprint density at radius 3 is 2.75 bits per heavy atom. The summed E-state index contributed by atoms with van der Waals surface area (Å²) in [5.41, 5.74) is 6.89. The Morgan fingerprint density at radius 1 is 1.25 bits per heavy atom. The van der Waals surface area contributed by atoms with Crippen LogP contribution in [0.25, 0.3) is 0 Å². The summed E-state index contributed by atoms with van der Waals surface area (Å²) in [5, 5.41) is 0. The highest BCUT2D eigenvalue weighted by atomic mass is 32.1. The molecule has 0 saturated heterocycles. The molecule has 3 nitrogen and oxygen atoms in total. The highest BCUT2D eigenvalue weighted by Gasteiger charge is 2.08. The molecule has 104 valence electrons. The quantitative estimate of drug-likeness (QED) is 0.860. The maximum absolute atomic E-state index is 13.2. The molecular weight excluding hydrogens is 277 g/mol. The summed E-state index contributed by atoms with van der Waals surface area (Å²) >= 11 is 4.89. The number of methoxy groups -OCH3 is 1. The smallest absolute Gasteiger partial charge is 0.130 e. The lowest BCUT2D eigenvalue weighted by atomic mass is 10.2. The van der Waals surface area contributed by atoms with Crippen molar-refractivity contribution in [3.8, 4) is 11.5 Å². The largest absolute Gasteiger partial charge is 0.497 e. The topological polar surface area (TPSA) is 44.5 Å². The van der Waals surface area contributed by atoms with Crippen LogP contribution < -0.4 is 15.2 Å². The Bertz CT molecular complexity index is 631. The summed E-state index contributed by atoms with van der Waals surface area (Å²) in [6.07, 6.45) is 0. The van der Waals surface area contributed by atoms with Gasteiger partial charge in [-0.3, -0.25) is 0 Å². The lowest BCUT2D eigenvalue weighted by Crippen LogP contribution is -2.12. The Balaban J connectivity index is 2.16. The van der Waals surface area contributed by atoms with Crippen LogP contribution in [0.4, 0.5) is 4.39 Å². The van der Waals surface area contributed by atoms with Gasteiger partial charge in [0.05, 0.1) is 12.7 Å². The molecule has 0 spiro atoms. The van der Waals surface area contributed by atoms with Crippen molar-refractivity contribution < 1.29 is 13.9 Å². The fraction of sp³-hybridized carbons (Fsp3) is 0.133. The van der Waals surface area contributed by atoms with Crippen LogP contribution in [0.15, 0.2) is 42.5 Å². The van der Waals surface area contributed by atoms with Crippen LogP contribution in [0, 0.1) is 5.82 Å². The molecule has 5 heteroatoms. The number of rotatable bonds is 5. The molecule has 2 aromatic carbocycles. The number of ether oxygens (including phenoxy) is 2. The molecule has 2 aromatic rings. The summed E-state index contributed by atoms with van der Waals surface area (Å²) in [4.78, 5) is 0.102. The molecule has 0 heterocycles. The number of hydrogen-bond acceptors (Lipinski definition) is 3. The molecule has 0 aliphatic carbocycles. The van der Waals surface area contributed by atoms with E-state index in [1.54, 1.807) is 7.11 Å². The Morgan fingerprint density at radius 2 is 2.05 bits per heavy atom. The van der Waals surface area contributed by atoms with Gasteiger partial charge in [-0.1, -0.05) is 24.4 Å². The van der Waals surface area contributed by atoms with Gasteiger partial charge in [-0.15, -0.1) is 0 Å². The maximum Gasteiger partial charge on any atom is 0.130 e. The van der Waals surface area contributed by atoms with Crippen LogP contribution in [0.3, 0.4) is 0 Å². The monoisotopic (exact) mass is 291 g/mol. The maximum atomic E-state index is 13.2. The molecule has 0 aliphatic rings. The third-order valence-corrected chi connectivity index (χ3v) is 2.96. The van der Waals surface area contributed by atoms with Crippen molar-refractivity contribution >= 4 is 17.2 Å². The molecule has 20 heavy (non-hydrogen) atoms. The van der Waals surface area contributed by atoms with Crippen LogP contribution in [0.1, 0.15) is 11.1 Å². The van der Waals surface area contributed by atoms with Crippen LogP contribution >= 0.6 is 12.2 Å². The van der Waals surface area contributed by atoms with E-state index in [1.807, 2.05) is 24.3 Å². The van der Waals surface area contributed by atoms with Crippen molar-refractivity contribution in [2.75, 3.05) is 7.11 Å². The molecule has 0 aliphatic heterocycles. The van der Waals surface area contributed by atoms with Gasteiger partial charge in [0.15, 0.2) is 0 Å². The van der Waals surface area contributed by atoms with Crippen molar-refractivity contribution in [1.29, 1.82) is 0 Å². The van der Waals surface area contributed by atoms with Crippen molar-refractivity contribution in [3.63, 3.8) is 0 Å². The minimum atomic E-state index is -0.401. The third kappa shape index (κ3) is 3.45. The first kappa shape index (κ1) is 14.3. The Labute approximate surface area is 122 Å². The van der Waals surface area contributed by atoms with E-state index in [0.29, 0.717) is 17.9 Å². The second-order valence-electron chi connectivity index (χ2n) is 4.14. The second kappa shape index (κ2) is 6.34. The number of halogens is 1. The minimum Gasteiger partial charge on any atom is -0.497 e. The van der Waals surface area contributed by atoms with E-state index >= 15 is 0 Å². The van der Waals surface area contributed by atoms with E-state index in [4.69, 9.17) is 27.4 Å². The molecule has 0 amide bonds. The first-order valence-electron chi connectivity index (χ1n) is 5.95. The second-order valence-corrected chi connectivity index (χ2v) is 4.58. The van der Waals surface area contributed by atoms with Crippen molar-refractivity contribution in [2.45, 2.75) is 6.61 Å². The summed E-state index contributed by atoms with van der Waals surface area (Å²) in [7, 11) is 1.60. The fourth-order valence-electron chi connectivity index (χ4n) is 1.74. The van der Waals surface area contributed by atoms with Crippen LogP contribution in [0.2, 0.25) is 0 Å². The predicted molar refractivity (Wildman–Crippen MR) is 79.6 cm³/mol. The lowest BCUT2D eigenvalue weighted by Gasteiger charge is -2.11. The van der Waals surface area contributed by atoms with Gasteiger partial charge < -0.3 is 15.2 Å². The normalized spacial score (nSPS) is 10.1. The standard InChI is InChI=1S/C15H14FNO2S/c1-18-12-4-2-3-10(7-12)9-19-14-6-5-11(16)8-13(14)15(17)20/h2-8H,9H2,1H3,(H2,17,20). The van der Waals surface area contributed by atoms with Crippen LogP contribution in [0.5, 0.6) is 11.5 Å². The van der Waals surface area contributed by atoms with Gasteiger partial charge in [0, 0.05) is 0 Å². The van der Waals surface area contributed by atoms with Gasteiger partial charge in [-0.25, -0.2) is 4.39 Å². The van der Waals surface area contributed by atoms with Gasteiger partial charge in [0.25, 0.3) is 0 Å². The number of hydrogen-bond donors (Lipinski definition) is 1. The summed E-state index contributed by atoms with van der Waals surface area (Å²) in [6, 6.07) is 11.6. The van der Waals surface area contributed by atoms with Gasteiger partial charge >= 0.3 is 0 Å². The third-order valence-electron chi connectivity index (χ3n) is 2.74. The Kier molecular flexibility index (Phi) is 4.53. The first-order chi connectivity index (χ1) is 9.60. The fourth-order valence-corrected chi connectivity index (χ4v) is 1.90. The van der Waals surface area contributed by atoms with E-state index in [-0.39, 0.29) is 4.99 Å². The molecule has 0 atom stereocenters. The van der Waals surface area contributed by atoms with Crippen LogP contribution in [-0.2, 0) is 6.61 Å². The zero-order chi connectivity index (χ0) is 14.5. The summed E-state index contributed by atoms with van der Waals surface area (Å²) < 4.78 is 24.0. The van der Waals surface area contributed by atoms with Gasteiger partial charge in [0.2, 0.25) is 0 Å². The molecule has 0 radical (unpaired) electrons. The van der Waals surface area contributed by atoms with Crippen molar-refractivity contribution in [3.05, 3.63) is 59.4 Å². The average molecular weight is 291 g/mol. The van der Waals surface area contributed by atoms with Crippen LogP contribution in [-0.4, -0.2) is 12.1 Å². The van der Waals surface area contributed by atoms with E-state index in [9.17, 15) is 4.39 Å². The van der Waals surface area contributed by atoms with E-state index < -0.39 is 5.82 Å². The molecule has 0 saturated carbocycles. The molecule has 2 rings (SSSR count). The highest BCUT2D eigenvalue weighted by molar-refractivity contribution is 7.80. The first-order valence-corrected chi connectivity index (χ1v) is 6.36. The average Bonchev–Trinajstić information content (AvgIpc) is 2.46. The zero-order valence-electron chi connectivity index (χ0n) is 10.9. The van der Waals surface area contributed by atoms with E-state index in [2.05, 4.69) is 0 Å². The molecular formula is C15H14FNO2S. The molecule has 0 fully saturated rings. The van der Waals surface area contributed by atoms with Crippen molar-refractivity contribution in [1.82, 2.24) is 0 Å². The summed E-state index contributed by atoms with van der Waals surface area (Å²) in [5.74, 6) is 0.808. The molecule has 0 unspecified atom stereocenters. The highest BCUT2D eigenvalue weighted by Crippen LogP contribution is 2.22. The molecule has 0 bridgehead atoms. The SMILES string of the molecule is COc1cccc(COc2ccc(F)cc2C(N)=S)c1. The Hall–Kier alpha value is -2.14. The molecule has 2 N–H and O–H groups in total. The van der Waals surface area contributed by atoms with E-state index in [0.717, 1.165) is 11.3 Å². The van der Waals surface area contributed by atoms with Gasteiger partial charge in [-0.05, 0) is 35.9 Å². The lowest BCUT2D eigenvalue weighted by molar-refractivity contribution is 0.304. The van der Waals surface area contributed by atoms with Gasteiger partial charge in [0.1, 0.15) is 28.9 Å². The predicted octanol–water partition coefficient (Wildman–Crippen LogP) is 3.05. The summed E-state index contributed by atoms with van der Waals surface area (Å²) in [6.45, 7) is 0.318. The van der Waals surface area contributed by atoms with Gasteiger partial charge in [-0.2, -0.15) is 0 Å². The minimum absolute atomic E-state index is 0.102.